The van der Waals surface area contributed by atoms with Crippen LogP contribution in [0.15, 0.2) is 42.0 Å². The molecule has 0 fully saturated rings. The number of carbonyl (C=O) groups excluding carboxylic acids is 1. The Morgan fingerprint density at radius 1 is 1.15 bits per heavy atom. The fourth-order valence-corrected chi connectivity index (χ4v) is 4.25. The molecule has 0 saturated heterocycles. The second kappa shape index (κ2) is 6.71. The summed E-state index contributed by atoms with van der Waals surface area (Å²) in [5.74, 6) is -2.76. The molecule has 0 atom stereocenters. The van der Waals surface area contributed by atoms with Gasteiger partial charge in [0.15, 0.2) is 5.13 Å². The first-order valence-electron chi connectivity index (χ1n) is 7.27. The second-order valence-corrected chi connectivity index (χ2v) is 7.56. The second-order valence-electron chi connectivity index (χ2n) is 5.23. The molecular formula is C17H8ClF2N3OS2. The van der Waals surface area contributed by atoms with Gasteiger partial charge < -0.3 is 0 Å². The van der Waals surface area contributed by atoms with Crippen LogP contribution in [0, 0.1) is 11.6 Å². The number of nitrogens with one attached hydrogen (secondary N) is 1. The predicted molar refractivity (Wildman–Crippen MR) is 100 cm³/mol. The lowest BCUT2D eigenvalue weighted by molar-refractivity contribution is 0.101. The van der Waals surface area contributed by atoms with E-state index in [4.69, 9.17) is 11.6 Å². The van der Waals surface area contributed by atoms with Crippen LogP contribution in [0.3, 0.4) is 0 Å². The average molecular weight is 408 g/mol. The molecule has 4 rings (SSSR count). The van der Waals surface area contributed by atoms with E-state index in [2.05, 4.69) is 15.3 Å². The summed E-state index contributed by atoms with van der Waals surface area (Å²) >= 11 is 8.95. The molecule has 1 N–H and O–H groups in total. The molecule has 9 heteroatoms. The van der Waals surface area contributed by atoms with E-state index in [-0.39, 0.29) is 5.13 Å². The van der Waals surface area contributed by atoms with Gasteiger partial charge in [0.25, 0.3) is 5.91 Å². The number of hydrogen-bond acceptors (Lipinski definition) is 5. The molecule has 0 aliphatic carbocycles. The number of rotatable bonds is 3. The fraction of sp³-hybridized carbons (Fsp3) is 0. The van der Waals surface area contributed by atoms with E-state index in [0.717, 1.165) is 44.1 Å². The zero-order valence-electron chi connectivity index (χ0n) is 12.8. The first kappa shape index (κ1) is 17.0. The zero-order valence-corrected chi connectivity index (χ0v) is 15.2. The first-order valence-corrected chi connectivity index (χ1v) is 9.34. The van der Waals surface area contributed by atoms with Crippen molar-refractivity contribution in [3.05, 3.63) is 64.3 Å². The fourth-order valence-electron chi connectivity index (χ4n) is 2.40. The Kier molecular flexibility index (Phi) is 4.39. The number of anilines is 1. The van der Waals surface area contributed by atoms with Crippen molar-refractivity contribution in [2.75, 3.05) is 5.32 Å². The lowest BCUT2D eigenvalue weighted by Crippen LogP contribution is -2.15. The van der Waals surface area contributed by atoms with Gasteiger partial charge in [-0.1, -0.05) is 29.0 Å². The van der Waals surface area contributed by atoms with Gasteiger partial charge in [0.05, 0.1) is 25.6 Å². The largest absolute Gasteiger partial charge is 0.298 e. The maximum Gasteiger partial charge on any atom is 0.263 e. The monoisotopic (exact) mass is 407 g/mol. The number of thiazole rings is 2. The lowest BCUT2D eigenvalue weighted by Gasteiger charge is -2.04. The van der Waals surface area contributed by atoms with Crippen LogP contribution in [0.1, 0.15) is 10.4 Å². The van der Waals surface area contributed by atoms with Crippen molar-refractivity contribution in [2.45, 2.75) is 0 Å². The van der Waals surface area contributed by atoms with Crippen molar-refractivity contribution in [3.63, 3.8) is 0 Å². The Morgan fingerprint density at radius 3 is 2.69 bits per heavy atom. The SMILES string of the molecule is O=C(Nc1ncc(-c2cc3scnc3cc2Cl)s1)c1c(F)cccc1F. The van der Waals surface area contributed by atoms with Gasteiger partial charge in [-0.2, -0.15) is 0 Å². The molecule has 2 heterocycles. The molecule has 2 aromatic heterocycles. The summed E-state index contributed by atoms with van der Waals surface area (Å²) in [5, 5.41) is 3.14. The van der Waals surface area contributed by atoms with Crippen molar-refractivity contribution in [3.8, 4) is 10.4 Å². The molecule has 130 valence electrons. The summed E-state index contributed by atoms with van der Waals surface area (Å²) in [5.41, 5.74) is 2.63. The van der Waals surface area contributed by atoms with E-state index in [0.29, 0.717) is 5.02 Å². The molecule has 0 radical (unpaired) electrons. The molecule has 26 heavy (non-hydrogen) atoms. The van der Waals surface area contributed by atoms with Crippen LogP contribution in [-0.4, -0.2) is 15.9 Å². The third-order valence-electron chi connectivity index (χ3n) is 3.60. The molecule has 0 spiro atoms. The van der Waals surface area contributed by atoms with Gasteiger partial charge >= 0.3 is 0 Å². The average Bonchev–Trinajstić information content (AvgIpc) is 3.22. The van der Waals surface area contributed by atoms with Crippen LogP contribution >= 0.6 is 34.3 Å². The Bertz CT molecular complexity index is 1120. The number of carbonyl (C=O) groups is 1. The minimum atomic E-state index is -0.932. The van der Waals surface area contributed by atoms with Gasteiger partial charge in [0.2, 0.25) is 0 Å². The smallest absolute Gasteiger partial charge is 0.263 e. The topological polar surface area (TPSA) is 54.9 Å². The summed E-state index contributed by atoms with van der Waals surface area (Å²) in [4.78, 5) is 21.2. The Hall–Kier alpha value is -2.42. The number of benzene rings is 2. The maximum atomic E-state index is 13.7. The Balaban J connectivity index is 1.63. The normalized spacial score (nSPS) is 11.0. The summed E-state index contributed by atoms with van der Waals surface area (Å²) in [6.07, 6.45) is 1.55. The minimum Gasteiger partial charge on any atom is -0.298 e. The molecule has 0 unspecified atom stereocenters. The number of aromatic nitrogens is 2. The summed E-state index contributed by atoms with van der Waals surface area (Å²) in [6, 6.07) is 6.89. The maximum absolute atomic E-state index is 13.7. The highest BCUT2D eigenvalue weighted by molar-refractivity contribution is 7.19. The Morgan fingerprint density at radius 2 is 1.92 bits per heavy atom. The molecular weight excluding hydrogens is 400 g/mol. The van der Waals surface area contributed by atoms with Crippen LogP contribution in [0.2, 0.25) is 5.02 Å². The third-order valence-corrected chi connectivity index (χ3v) is 5.65. The summed E-state index contributed by atoms with van der Waals surface area (Å²) in [6.45, 7) is 0. The molecule has 0 bridgehead atoms. The number of amides is 1. The number of fused-ring (bicyclic) bond motifs is 1. The zero-order chi connectivity index (χ0) is 18.3. The molecule has 0 saturated carbocycles. The van der Waals surface area contributed by atoms with E-state index in [9.17, 15) is 13.6 Å². The highest BCUT2D eigenvalue weighted by Gasteiger charge is 2.19. The van der Waals surface area contributed by atoms with E-state index in [1.165, 1.54) is 17.4 Å². The highest BCUT2D eigenvalue weighted by atomic mass is 35.5. The molecule has 4 aromatic rings. The van der Waals surface area contributed by atoms with Crippen LogP contribution in [0.4, 0.5) is 13.9 Å². The predicted octanol–water partition coefficient (Wildman–Crippen LogP) is 5.60. The number of nitrogens with zero attached hydrogens (tertiary/aromatic N) is 2. The molecule has 1 amide bonds. The van der Waals surface area contributed by atoms with Crippen molar-refractivity contribution >= 4 is 55.5 Å². The van der Waals surface area contributed by atoms with Gasteiger partial charge in [-0.15, -0.1) is 11.3 Å². The van der Waals surface area contributed by atoms with Crippen LogP contribution < -0.4 is 5.32 Å². The van der Waals surface area contributed by atoms with Gasteiger partial charge in [0.1, 0.15) is 17.2 Å². The van der Waals surface area contributed by atoms with Crippen LogP contribution in [0.25, 0.3) is 20.7 Å². The highest BCUT2D eigenvalue weighted by Crippen LogP contribution is 2.37. The van der Waals surface area contributed by atoms with Crippen molar-refractivity contribution in [2.24, 2.45) is 0 Å². The van der Waals surface area contributed by atoms with Crippen molar-refractivity contribution in [1.29, 1.82) is 0 Å². The molecule has 0 aliphatic rings. The van der Waals surface area contributed by atoms with Crippen molar-refractivity contribution in [1.82, 2.24) is 9.97 Å². The molecule has 0 aliphatic heterocycles. The lowest BCUT2D eigenvalue weighted by atomic mass is 10.2. The standard InChI is InChI=1S/C17H8ClF2N3OS2/c18-9-5-12-13(25-7-22-12)4-8(9)14-6-21-17(26-14)23-16(24)15-10(19)2-1-3-11(15)20/h1-7H,(H,21,23,24). The third kappa shape index (κ3) is 3.07. The number of hydrogen-bond donors (Lipinski definition) is 1. The quantitative estimate of drug-likeness (QED) is 0.480. The minimum absolute atomic E-state index is 0.216. The molecule has 4 nitrogen and oxygen atoms in total. The first-order chi connectivity index (χ1) is 12.5. The summed E-state index contributed by atoms with van der Waals surface area (Å²) in [7, 11) is 0. The van der Waals surface area contributed by atoms with Crippen molar-refractivity contribution < 1.29 is 13.6 Å². The van der Waals surface area contributed by atoms with Gasteiger partial charge in [0, 0.05) is 11.8 Å². The van der Waals surface area contributed by atoms with E-state index >= 15 is 0 Å². The van der Waals surface area contributed by atoms with Gasteiger partial charge in [-0.05, 0) is 24.3 Å². The summed E-state index contributed by atoms with van der Waals surface area (Å²) < 4.78 is 28.4. The molecule has 2 aromatic carbocycles. The van der Waals surface area contributed by atoms with Gasteiger partial charge in [-0.3, -0.25) is 10.1 Å². The van der Waals surface area contributed by atoms with E-state index < -0.39 is 23.1 Å². The van der Waals surface area contributed by atoms with E-state index in [1.807, 2.05) is 6.07 Å². The van der Waals surface area contributed by atoms with Crippen LogP contribution in [-0.2, 0) is 0 Å². The van der Waals surface area contributed by atoms with Crippen LogP contribution in [0.5, 0.6) is 0 Å². The van der Waals surface area contributed by atoms with Gasteiger partial charge in [-0.25, -0.2) is 18.7 Å². The Labute approximate surface area is 159 Å². The van der Waals surface area contributed by atoms with E-state index in [1.54, 1.807) is 17.8 Å². The number of halogens is 3.